The van der Waals surface area contributed by atoms with Crippen molar-refractivity contribution in [3.05, 3.63) is 30.1 Å². The maximum Gasteiger partial charge on any atom is 0.170 e. The van der Waals surface area contributed by atoms with Crippen LogP contribution in [0, 0.1) is 0 Å². The maximum absolute atomic E-state index is 11.5. The van der Waals surface area contributed by atoms with E-state index in [9.17, 15) is 4.79 Å². The molecule has 3 rings (SSSR count). The number of piperazine rings is 1. The Bertz CT molecular complexity index is 621. The van der Waals surface area contributed by atoms with Gasteiger partial charge in [-0.05, 0) is 25.6 Å². The number of nitrogens with zero attached hydrogens (tertiary/aromatic N) is 4. The topological polar surface area (TPSA) is 40.9 Å². The molecule has 0 spiro atoms. The first-order valence-electron chi connectivity index (χ1n) is 7.12. The maximum atomic E-state index is 11.5. The molecule has 5 nitrogen and oxygen atoms in total. The number of fused-ring (bicyclic) bond motifs is 1. The third-order valence-corrected chi connectivity index (χ3v) is 4.21. The highest BCUT2D eigenvalue weighted by molar-refractivity contribution is 5.83. The van der Waals surface area contributed by atoms with E-state index in [2.05, 4.69) is 28.8 Å². The van der Waals surface area contributed by atoms with Crippen molar-refractivity contribution < 1.29 is 4.79 Å². The number of aromatic nitrogens is 2. The number of hydrogen-bond donors (Lipinski definition) is 0. The van der Waals surface area contributed by atoms with Gasteiger partial charge in [-0.25, -0.2) is 4.98 Å². The molecule has 0 radical (unpaired) electrons. The predicted octanol–water partition coefficient (Wildman–Crippen LogP) is 1.68. The van der Waals surface area contributed by atoms with Crippen LogP contribution in [0.15, 0.2) is 24.4 Å². The molecular weight excluding hydrogens is 252 g/mol. The normalized spacial score (nSPS) is 20.5. The van der Waals surface area contributed by atoms with E-state index in [4.69, 9.17) is 0 Å². The molecule has 1 saturated heterocycles. The van der Waals surface area contributed by atoms with Gasteiger partial charge in [-0.1, -0.05) is 13.0 Å². The highest BCUT2D eigenvalue weighted by Crippen LogP contribution is 2.23. The fourth-order valence-electron chi connectivity index (χ4n) is 2.92. The molecule has 0 aliphatic carbocycles. The van der Waals surface area contributed by atoms with Gasteiger partial charge in [0, 0.05) is 31.9 Å². The van der Waals surface area contributed by atoms with Gasteiger partial charge in [0.1, 0.15) is 11.3 Å². The molecule has 1 aliphatic rings. The van der Waals surface area contributed by atoms with Crippen molar-refractivity contribution in [1.82, 2.24) is 14.3 Å². The number of rotatable bonds is 3. The van der Waals surface area contributed by atoms with E-state index in [0.29, 0.717) is 11.7 Å². The fraction of sp³-hybridized carbons (Fsp3) is 0.467. The van der Waals surface area contributed by atoms with Gasteiger partial charge in [0.05, 0.1) is 0 Å². The summed E-state index contributed by atoms with van der Waals surface area (Å²) in [5.41, 5.74) is 1.48. The van der Waals surface area contributed by atoms with E-state index in [-0.39, 0.29) is 0 Å². The van der Waals surface area contributed by atoms with Gasteiger partial charge in [-0.2, -0.15) is 0 Å². The summed E-state index contributed by atoms with van der Waals surface area (Å²) in [6.07, 6.45) is 3.91. The van der Waals surface area contributed by atoms with E-state index in [1.807, 2.05) is 28.8 Å². The Balaban J connectivity index is 1.99. The Morgan fingerprint density at radius 1 is 1.40 bits per heavy atom. The molecule has 3 heterocycles. The van der Waals surface area contributed by atoms with Crippen LogP contribution in [0.5, 0.6) is 0 Å². The number of carbonyl (C=O) groups excluding carboxylic acids is 1. The summed E-state index contributed by atoms with van der Waals surface area (Å²) in [6, 6.07) is 6.32. The second kappa shape index (κ2) is 5.25. The standard InChI is InChI=1S/C15H20N4O/c1-3-12-10-18(9-8-17(12)2)15-13(11-20)19-7-5-4-6-14(19)16-15/h4-7,11-12H,3,8-10H2,1-2H3. The lowest BCUT2D eigenvalue weighted by Gasteiger charge is -2.39. The average Bonchev–Trinajstić information content (AvgIpc) is 2.86. The Labute approximate surface area is 118 Å². The van der Waals surface area contributed by atoms with E-state index in [1.54, 1.807) is 0 Å². The van der Waals surface area contributed by atoms with E-state index < -0.39 is 0 Å². The summed E-state index contributed by atoms with van der Waals surface area (Å²) >= 11 is 0. The second-order valence-corrected chi connectivity index (χ2v) is 5.36. The predicted molar refractivity (Wildman–Crippen MR) is 79.5 cm³/mol. The summed E-state index contributed by atoms with van der Waals surface area (Å²) in [5.74, 6) is 0.817. The quantitative estimate of drug-likeness (QED) is 0.797. The number of pyridine rings is 1. The SMILES string of the molecule is CCC1CN(c2nc3ccccn3c2C=O)CCN1C. The molecule has 0 aromatic carbocycles. The Kier molecular flexibility index (Phi) is 3.44. The lowest BCUT2D eigenvalue weighted by molar-refractivity contribution is 0.111. The third-order valence-electron chi connectivity index (χ3n) is 4.21. The van der Waals surface area contributed by atoms with Gasteiger partial charge in [0.15, 0.2) is 12.1 Å². The minimum atomic E-state index is 0.521. The third kappa shape index (κ3) is 2.08. The lowest BCUT2D eigenvalue weighted by atomic mass is 10.1. The molecule has 0 bridgehead atoms. The van der Waals surface area contributed by atoms with Crippen LogP contribution in [0.3, 0.4) is 0 Å². The van der Waals surface area contributed by atoms with Crippen LogP contribution in [-0.2, 0) is 0 Å². The van der Waals surface area contributed by atoms with E-state index in [0.717, 1.165) is 43.8 Å². The van der Waals surface area contributed by atoms with Gasteiger partial charge in [0.25, 0.3) is 0 Å². The van der Waals surface area contributed by atoms with Crippen LogP contribution in [0.25, 0.3) is 5.65 Å². The number of hydrogen-bond acceptors (Lipinski definition) is 4. The van der Waals surface area contributed by atoms with Crippen molar-refractivity contribution in [1.29, 1.82) is 0 Å². The Morgan fingerprint density at radius 3 is 3.00 bits per heavy atom. The Hall–Kier alpha value is -1.88. The molecule has 20 heavy (non-hydrogen) atoms. The number of carbonyl (C=O) groups is 1. The molecule has 1 unspecified atom stereocenters. The summed E-state index contributed by atoms with van der Waals surface area (Å²) in [5, 5.41) is 0. The second-order valence-electron chi connectivity index (χ2n) is 5.36. The van der Waals surface area contributed by atoms with Gasteiger partial charge < -0.3 is 4.90 Å². The van der Waals surface area contributed by atoms with E-state index >= 15 is 0 Å². The van der Waals surface area contributed by atoms with Gasteiger partial charge >= 0.3 is 0 Å². The first kappa shape index (κ1) is 13.1. The smallest absolute Gasteiger partial charge is 0.170 e. The molecule has 0 N–H and O–H groups in total. The zero-order valence-electron chi connectivity index (χ0n) is 12.0. The van der Waals surface area contributed by atoms with Crippen LogP contribution in [-0.4, -0.2) is 53.3 Å². The molecule has 0 amide bonds. The highest BCUT2D eigenvalue weighted by atomic mass is 16.1. The van der Waals surface area contributed by atoms with Crippen LogP contribution in [0.1, 0.15) is 23.8 Å². The van der Waals surface area contributed by atoms with E-state index in [1.165, 1.54) is 0 Å². The number of likely N-dealkylation sites (N-methyl/N-ethyl adjacent to an activating group) is 1. The first-order valence-corrected chi connectivity index (χ1v) is 7.12. The fourth-order valence-corrected chi connectivity index (χ4v) is 2.92. The largest absolute Gasteiger partial charge is 0.352 e. The minimum absolute atomic E-state index is 0.521. The molecule has 2 aromatic rings. The van der Waals surface area contributed by atoms with Crippen molar-refractivity contribution in [2.45, 2.75) is 19.4 Å². The number of imidazole rings is 1. The molecular formula is C15H20N4O. The van der Waals surface area contributed by atoms with Gasteiger partial charge in [-0.3, -0.25) is 14.1 Å². The monoisotopic (exact) mass is 272 g/mol. The first-order chi connectivity index (χ1) is 9.74. The Morgan fingerprint density at radius 2 is 2.25 bits per heavy atom. The summed E-state index contributed by atoms with van der Waals surface area (Å²) in [6.45, 7) is 5.05. The van der Waals surface area contributed by atoms with Gasteiger partial charge in [0.2, 0.25) is 0 Å². The molecule has 0 saturated carbocycles. The molecule has 2 aromatic heterocycles. The summed E-state index contributed by atoms with van der Waals surface area (Å²) < 4.78 is 1.86. The van der Waals surface area contributed by atoms with Gasteiger partial charge in [-0.15, -0.1) is 0 Å². The molecule has 5 heteroatoms. The number of aldehydes is 1. The van der Waals surface area contributed by atoms with Crippen LogP contribution >= 0.6 is 0 Å². The van der Waals surface area contributed by atoms with Crippen LogP contribution in [0.4, 0.5) is 5.82 Å². The minimum Gasteiger partial charge on any atom is -0.352 e. The van der Waals surface area contributed by atoms with Crippen molar-refractivity contribution in [2.75, 3.05) is 31.6 Å². The molecule has 106 valence electrons. The van der Waals surface area contributed by atoms with Crippen molar-refractivity contribution in [3.8, 4) is 0 Å². The molecule has 1 fully saturated rings. The van der Waals surface area contributed by atoms with Crippen LogP contribution in [0.2, 0.25) is 0 Å². The zero-order valence-corrected chi connectivity index (χ0v) is 12.0. The zero-order chi connectivity index (χ0) is 14.1. The van der Waals surface area contributed by atoms with Crippen molar-refractivity contribution in [2.24, 2.45) is 0 Å². The molecule has 1 atom stereocenters. The van der Waals surface area contributed by atoms with Crippen LogP contribution < -0.4 is 4.90 Å². The lowest BCUT2D eigenvalue weighted by Crippen LogP contribution is -2.51. The highest BCUT2D eigenvalue weighted by Gasteiger charge is 2.26. The summed E-state index contributed by atoms with van der Waals surface area (Å²) in [7, 11) is 2.16. The molecule has 1 aliphatic heterocycles. The summed E-state index contributed by atoms with van der Waals surface area (Å²) in [4.78, 5) is 20.7. The van der Waals surface area contributed by atoms with Crippen molar-refractivity contribution >= 4 is 17.8 Å². The van der Waals surface area contributed by atoms with Crippen molar-refractivity contribution in [3.63, 3.8) is 0 Å². The average molecular weight is 272 g/mol. The number of anilines is 1.